The topological polar surface area (TPSA) is 3.24 Å². The molecule has 1 atom stereocenters. The van der Waals surface area contributed by atoms with Crippen LogP contribution in [0, 0.1) is 6.54 Å². The summed E-state index contributed by atoms with van der Waals surface area (Å²) in [6.45, 7) is 3.74. The molecular weight excluding hydrogens is 110 g/mol. The van der Waals surface area contributed by atoms with Crippen LogP contribution >= 0.6 is 0 Å². The van der Waals surface area contributed by atoms with Gasteiger partial charge in [-0.15, -0.1) is 0 Å². The van der Waals surface area contributed by atoms with E-state index >= 15 is 0 Å². The summed E-state index contributed by atoms with van der Waals surface area (Å²) in [6, 6.07) is 0.951. The van der Waals surface area contributed by atoms with Crippen molar-refractivity contribution in [1.82, 2.24) is 4.90 Å². The SMILES string of the molecule is [CH]1CCCCC2CCN12. The Hall–Kier alpha value is -0.0400. The molecule has 2 saturated heterocycles. The Bertz CT molecular complexity index is 88.7. The minimum absolute atomic E-state index is 0.951. The van der Waals surface area contributed by atoms with Gasteiger partial charge in [0.1, 0.15) is 0 Å². The molecule has 2 fully saturated rings. The second-order valence-corrected chi connectivity index (χ2v) is 3.15. The fraction of sp³-hybridized carbons (Fsp3) is 0.875. The van der Waals surface area contributed by atoms with Crippen LogP contribution in [0.2, 0.25) is 0 Å². The monoisotopic (exact) mass is 124 g/mol. The first kappa shape index (κ1) is 5.72. The summed E-state index contributed by atoms with van der Waals surface area (Å²) in [5.41, 5.74) is 0. The highest BCUT2D eigenvalue weighted by molar-refractivity contribution is 4.89. The molecule has 0 spiro atoms. The van der Waals surface area contributed by atoms with Crippen LogP contribution in [-0.2, 0) is 0 Å². The van der Waals surface area contributed by atoms with Crippen molar-refractivity contribution >= 4 is 0 Å². The number of fused-ring (bicyclic) bond motifs is 1. The molecule has 0 aromatic carbocycles. The third-order valence-electron chi connectivity index (χ3n) is 2.54. The van der Waals surface area contributed by atoms with Gasteiger partial charge in [-0.2, -0.15) is 0 Å². The molecule has 1 heteroatoms. The van der Waals surface area contributed by atoms with Gasteiger partial charge in [0, 0.05) is 19.1 Å². The first-order valence-electron chi connectivity index (χ1n) is 4.06. The lowest BCUT2D eigenvalue weighted by molar-refractivity contribution is 0.127. The van der Waals surface area contributed by atoms with E-state index in [-0.39, 0.29) is 0 Å². The van der Waals surface area contributed by atoms with Gasteiger partial charge in [-0.3, -0.25) is 4.90 Å². The fourth-order valence-corrected chi connectivity index (χ4v) is 1.79. The standard InChI is InChI=1S/C8H14N/c1-2-4-8-5-7-9(8)6-3-1/h6,8H,1-5,7H2. The molecule has 2 rings (SSSR count). The molecule has 0 aliphatic carbocycles. The van der Waals surface area contributed by atoms with Crippen molar-refractivity contribution in [3.8, 4) is 0 Å². The zero-order valence-corrected chi connectivity index (χ0v) is 5.84. The van der Waals surface area contributed by atoms with E-state index < -0.39 is 0 Å². The molecule has 0 aromatic heterocycles. The minimum Gasteiger partial charge on any atom is -0.296 e. The van der Waals surface area contributed by atoms with Gasteiger partial charge in [0.15, 0.2) is 0 Å². The van der Waals surface area contributed by atoms with E-state index in [2.05, 4.69) is 11.4 Å². The van der Waals surface area contributed by atoms with Gasteiger partial charge in [-0.1, -0.05) is 12.8 Å². The van der Waals surface area contributed by atoms with Crippen LogP contribution in [0.4, 0.5) is 0 Å². The van der Waals surface area contributed by atoms with Gasteiger partial charge in [0.05, 0.1) is 0 Å². The number of hydrogen-bond donors (Lipinski definition) is 0. The first-order valence-corrected chi connectivity index (χ1v) is 4.06. The Morgan fingerprint density at radius 1 is 1.22 bits per heavy atom. The Labute approximate surface area is 57.0 Å². The molecular formula is C8H14N. The number of hydrogen-bond acceptors (Lipinski definition) is 1. The van der Waals surface area contributed by atoms with E-state index in [0.29, 0.717) is 0 Å². The van der Waals surface area contributed by atoms with E-state index in [1.165, 1.54) is 38.6 Å². The van der Waals surface area contributed by atoms with Crippen LogP contribution < -0.4 is 0 Å². The van der Waals surface area contributed by atoms with Crippen LogP contribution in [0.5, 0.6) is 0 Å². The molecule has 0 amide bonds. The lowest BCUT2D eigenvalue weighted by atomic mass is 10.00. The van der Waals surface area contributed by atoms with Gasteiger partial charge in [-0.05, 0) is 19.3 Å². The van der Waals surface area contributed by atoms with Crippen molar-refractivity contribution in [2.24, 2.45) is 0 Å². The molecule has 51 valence electrons. The summed E-state index contributed by atoms with van der Waals surface area (Å²) in [4.78, 5) is 2.52. The molecule has 2 heterocycles. The highest BCUT2D eigenvalue weighted by atomic mass is 15.2. The molecule has 0 saturated carbocycles. The predicted octanol–water partition coefficient (Wildman–Crippen LogP) is 1.80. The average molecular weight is 124 g/mol. The lowest BCUT2D eigenvalue weighted by Gasteiger charge is -2.39. The summed E-state index contributed by atoms with van der Waals surface area (Å²) in [6.07, 6.45) is 7.12. The molecule has 2 aliphatic rings. The summed E-state index contributed by atoms with van der Waals surface area (Å²) in [7, 11) is 0. The maximum Gasteiger partial charge on any atom is 0.0254 e. The first-order chi connectivity index (χ1) is 4.47. The van der Waals surface area contributed by atoms with Crippen LogP contribution in [0.25, 0.3) is 0 Å². The third kappa shape index (κ3) is 0.983. The van der Waals surface area contributed by atoms with Crippen LogP contribution in [0.1, 0.15) is 32.1 Å². The maximum absolute atomic E-state index is 2.52. The Balaban J connectivity index is 1.90. The van der Waals surface area contributed by atoms with E-state index in [1.807, 2.05) is 0 Å². The van der Waals surface area contributed by atoms with E-state index in [0.717, 1.165) is 6.04 Å². The lowest BCUT2D eigenvalue weighted by Crippen LogP contribution is -2.44. The van der Waals surface area contributed by atoms with Crippen LogP contribution in [-0.4, -0.2) is 17.5 Å². The van der Waals surface area contributed by atoms with Gasteiger partial charge >= 0.3 is 0 Å². The van der Waals surface area contributed by atoms with Crippen molar-refractivity contribution in [2.75, 3.05) is 6.54 Å². The summed E-state index contributed by atoms with van der Waals surface area (Å²) in [5, 5.41) is 0. The highest BCUT2D eigenvalue weighted by Gasteiger charge is 2.28. The van der Waals surface area contributed by atoms with Crippen molar-refractivity contribution in [3.05, 3.63) is 6.54 Å². The third-order valence-corrected chi connectivity index (χ3v) is 2.54. The molecule has 0 bridgehead atoms. The van der Waals surface area contributed by atoms with Crippen molar-refractivity contribution in [3.63, 3.8) is 0 Å². The zero-order chi connectivity index (χ0) is 6.10. The predicted molar refractivity (Wildman–Crippen MR) is 37.9 cm³/mol. The molecule has 0 aromatic rings. The second-order valence-electron chi connectivity index (χ2n) is 3.15. The maximum atomic E-state index is 2.52. The van der Waals surface area contributed by atoms with E-state index in [4.69, 9.17) is 0 Å². The van der Waals surface area contributed by atoms with Crippen molar-refractivity contribution in [1.29, 1.82) is 0 Å². The normalized spacial score (nSPS) is 36.7. The van der Waals surface area contributed by atoms with E-state index in [9.17, 15) is 0 Å². The molecule has 9 heavy (non-hydrogen) atoms. The number of rotatable bonds is 0. The highest BCUT2D eigenvalue weighted by Crippen LogP contribution is 2.28. The van der Waals surface area contributed by atoms with Crippen LogP contribution in [0.15, 0.2) is 0 Å². The van der Waals surface area contributed by atoms with Crippen molar-refractivity contribution in [2.45, 2.75) is 38.1 Å². The largest absolute Gasteiger partial charge is 0.296 e. The molecule has 0 N–H and O–H groups in total. The second kappa shape index (κ2) is 2.30. The Morgan fingerprint density at radius 3 is 3.00 bits per heavy atom. The summed E-state index contributed by atoms with van der Waals surface area (Å²) in [5.74, 6) is 0. The smallest absolute Gasteiger partial charge is 0.0254 e. The van der Waals surface area contributed by atoms with Crippen molar-refractivity contribution < 1.29 is 0 Å². The fourth-order valence-electron chi connectivity index (χ4n) is 1.79. The zero-order valence-electron chi connectivity index (χ0n) is 5.84. The Morgan fingerprint density at radius 2 is 2.22 bits per heavy atom. The van der Waals surface area contributed by atoms with Crippen LogP contribution in [0.3, 0.4) is 0 Å². The number of nitrogens with zero attached hydrogens (tertiary/aromatic N) is 1. The molecule has 2 aliphatic heterocycles. The quantitative estimate of drug-likeness (QED) is 0.476. The average Bonchev–Trinajstić information content (AvgIpc) is 1.94. The van der Waals surface area contributed by atoms with Gasteiger partial charge in [-0.25, -0.2) is 0 Å². The van der Waals surface area contributed by atoms with Gasteiger partial charge in [0.25, 0.3) is 0 Å². The summed E-state index contributed by atoms with van der Waals surface area (Å²) < 4.78 is 0. The van der Waals surface area contributed by atoms with Gasteiger partial charge in [0.2, 0.25) is 0 Å². The summed E-state index contributed by atoms with van der Waals surface area (Å²) >= 11 is 0. The van der Waals surface area contributed by atoms with Gasteiger partial charge < -0.3 is 0 Å². The molecule has 1 nitrogen and oxygen atoms in total. The molecule has 1 radical (unpaired) electrons. The Kier molecular flexibility index (Phi) is 1.46. The van der Waals surface area contributed by atoms with E-state index in [1.54, 1.807) is 0 Å². The molecule has 1 unspecified atom stereocenters. The minimum atomic E-state index is 0.951.